The zero-order valence-corrected chi connectivity index (χ0v) is 12.6. The zero-order chi connectivity index (χ0) is 15.9. The lowest BCUT2D eigenvalue weighted by Crippen LogP contribution is -2.13. The molecule has 0 spiro atoms. The molecule has 0 heterocycles. The van der Waals surface area contributed by atoms with E-state index in [0.29, 0.717) is 16.5 Å². The molecular weight excluding hydrogens is 300 g/mol. The van der Waals surface area contributed by atoms with Crippen molar-refractivity contribution in [2.24, 2.45) is 0 Å². The van der Waals surface area contributed by atoms with Gasteiger partial charge in [0, 0.05) is 16.8 Å². The first kappa shape index (κ1) is 15.6. The lowest BCUT2D eigenvalue weighted by Gasteiger charge is -2.06. The van der Waals surface area contributed by atoms with E-state index in [9.17, 15) is 4.79 Å². The number of amides is 1. The van der Waals surface area contributed by atoms with Gasteiger partial charge in [0.15, 0.2) is 0 Å². The maximum Gasteiger partial charge on any atom is 0.266 e. The average molecular weight is 313 g/mol. The van der Waals surface area contributed by atoms with Crippen LogP contribution in [0.1, 0.15) is 5.56 Å². The van der Waals surface area contributed by atoms with Gasteiger partial charge in [-0.05, 0) is 35.9 Å². The Morgan fingerprint density at radius 2 is 2.00 bits per heavy atom. The Kier molecular flexibility index (Phi) is 5.18. The van der Waals surface area contributed by atoms with Crippen LogP contribution in [0.3, 0.4) is 0 Å². The molecule has 22 heavy (non-hydrogen) atoms. The van der Waals surface area contributed by atoms with E-state index >= 15 is 0 Å². The number of carbonyl (C=O) groups is 1. The van der Waals surface area contributed by atoms with Crippen LogP contribution in [0.2, 0.25) is 5.02 Å². The van der Waals surface area contributed by atoms with Crippen LogP contribution in [0.15, 0.2) is 54.1 Å². The Hall–Kier alpha value is -2.77. The Bertz CT molecular complexity index is 746. The lowest BCUT2D eigenvalue weighted by molar-refractivity contribution is -0.112. The number of halogens is 1. The molecule has 0 unspecified atom stereocenters. The summed E-state index contributed by atoms with van der Waals surface area (Å²) < 4.78 is 5.09. The van der Waals surface area contributed by atoms with Crippen LogP contribution in [0, 0.1) is 11.3 Å². The summed E-state index contributed by atoms with van der Waals surface area (Å²) in [5.74, 6) is 0.142. The maximum atomic E-state index is 12.1. The molecule has 4 nitrogen and oxygen atoms in total. The van der Waals surface area contributed by atoms with Gasteiger partial charge in [0.1, 0.15) is 17.4 Å². The second-order valence-corrected chi connectivity index (χ2v) is 4.84. The number of nitrogens with one attached hydrogen (secondary N) is 1. The molecule has 1 N–H and O–H groups in total. The summed E-state index contributed by atoms with van der Waals surface area (Å²) >= 11 is 5.80. The first-order valence-corrected chi connectivity index (χ1v) is 6.83. The van der Waals surface area contributed by atoms with Crippen molar-refractivity contribution in [3.63, 3.8) is 0 Å². The van der Waals surface area contributed by atoms with Crippen LogP contribution >= 0.6 is 11.6 Å². The van der Waals surface area contributed by atoms with Gasteiger partial charge >= 0.3 is 0 Å². The van der Waals surface area contributed by atoms with Gasteiger partial charge in [0.25, 0.3) is 5.91 Å². The molecule has 0 radical (unpaired) electrons. The Morgan fingerprint density at radius 3 is 2.64 bits per heavy atom. The standard InChI is InChI=1S/C17H13ClN2O2/c1-22-16-4-2-3-15(10-16)20-17(21)13(11-19)9-12-5-7-14(18)8-6-12/h2-10H,1H3,(H,20,21)/b13-9+. The van der Waals surface area contributed by atoms with Crippen molar-refractivity contribution in [2.75, 3.05) is 12.4 Å². The molecule has 2 rings (SSSR count). The highest BCUT2D eigenvalue weighted by atomic mass is 35.5. The number of carbonyl (C=O) groups excluding carboxylic acids is 1. The first-order chi connectivity index (χ1) is 10.6. The topological polar surface area (TPSA) is 62.1 Å². The minimum atomic E-state index is -0.481. The lowest BCUT2D eigenvalue weighted by atomic mass is 10.1. The highest BCUT2D eigenvalue weighted by Crippen LogP contribution is 2.18. The minimum absolute atomic E-state index is 0.00476. The molecule has 0 saturated carbocycles. The molecule has 0 atom stereocenters. The highest BCUT2D eigenvalue weighted by molar-refractivity contribution is 6.30. The van der Waals surface area contributed by atoms with Crippen molar-refractivity contribution in [1.82, 2.24) is 0 Å². The smallest absolute Gasteiger partial charge is 0.266 e. The van der Waals surface area contributed by atoms with Gasteiger partial charge in [-0.2, -0.15) is 5.26 Å². The molecule has 2 aromatic carbocycles. The van der Waals surface area contributed by atoms with E-state index in [1.165, 1.54) is 6.08 Å². The molecular formula is C17H13ClN2O2. The largest absolute Gasteiger partial charge is 0.497 e. The summed E-state index contributed by atoms with van der Waals surface area (Å²) in [4.78, 5) is 12.1. The van der Waals surface area contributed by atoms with Crippen molar-refractivity contribution in [2.45, 2.75) is 0 Å². The summed E-state index contributed by atoms with van der Waals surface area (Å²) in [6.45, 7) is 0. The van der Waals surface area contributed by atoms with Gasteiger partial charge in [0.05, 0.1) is 7.11 Å². The molecule has 0 aromatic heterocycles. The summed E-state index contributed by atoms with van der Waals surface area (Å²) in [6.07, 6.45) is 1.51. The van der Waals surface area contributed by atoms with E-state index in [1.54, 1.807) is 55.6 Å². The van der Waals surface area contributed by atoms with Crippen molar-refractivity contribution >= 4 is 29.3 Å². The van der Waals surface area contributed by atoms with Gasteiger partial charge in [-0.3, -0.25) is 4.79 Å². The van der Waals surface area contributed by atoms with Crippen LogP contribution in [-0.4, -0.2) is 13.0 Å². The van der Waals surface area contributed by atoms with E-state index in [0.717, 1.165) is 5.56 Å². The van der Waals surface area contributed by atoms with E-state index in [-0.39, 0.29) is 5.57 Å². The number of nitrogens with zero attached hydrogens (tertiary/aromatic N) is 1. The molecule has 0 aliphatic rings. The van der Waals surface area contributed by atoms with Crippen molar-refractivity contribution in [3.8, 4) is 11.8 Å². The predicted octanol–water partition coefficient (Wildman–Crippen LogP) is 3.89. The quantitative estimate of drug-likeness (QED) is 0.688. The van der Waals surface area contributed by atoms with Gasteiger partial charge in [-0.1, -0.05) is 29.8 Å². The fourth-order valence-electron chi connectivity index (χ4n) is 1.77. The van der Waals surface area contributed by atoms with Gasteiger partial charge in [-0.25, -0.2) is 0 Å². The monoisotopic (exact) mass is 312 g/mol. The maximum absolute atomic E-state index is 12.1. The van der Waals surface area contributed by atoms with Crippen LogP contribution in [-0.2, 0) is 4.79 Å². The fraction of sp³-hybridized carbons (Fsp3) is 0.0588. The molecule has 110 valence electrons. The average Bonchev–Trinajstić information content (AvgIpc) is 2.54. The van der Waals surface area contributed by atoms with E-state index < -0.39 is 5.91 Å². The summed E-state index contributed by atoms with van der Waals surface area (Å²) in [7, 11) is 1.54. The van der Waals surface area contributed by atoms with Crippen molar-refractivity contribution < 1.29 is 9.53 Å². The van der Waals surface area contributed by atoms with Crippen LogP contribution in [0.25, 0.3) is 6.08 Å². The fourth-order valence-corrected chi connectivity index (χ4v) is 1.90. The number of hydrogen-bond acceptors (Lipinski definition) is 3. The second kappa shape index (κ2) is 7.30. The third-order valence-corrected chi connectivity index (χ3v) is 3.13. The number of methoxy groups -OCH3 is 1. The number of nitriles is 1. The molecule has 2 aromatic rings. The van der Waals surface area contributed by atoms with Crippen molar-refractivity contribution in [3.05, 3.63) is 64.7 Å². The molecule has 0 fully saturated rings. The summed E-state index contributed by atoms with van der Waals surface area (Å²) in [5.41, 5.74) is 1.29. The number of benzene rings is 2. The highest BCUT2D eigenvalue weighted by Gasteiger charge is 2.10. The van der Waals surface area contributed by atoms with Crippen LogP contribution in [0.4, 0.5) is 5.69 Å². The minimum Gasteiger partial charge on any atom is -0.497 e. The van der Waals surface area contributed by atoms with E-state index in [2.05, 4.69) is 5.32 Å². The summed E-state index contributed by atoms with van der Waals surface area (Å²) in [6, 6.07) is 15.7. The van der Waals surface area contributed by atoms with Crippen LogP contribution in [0.5, 0.6) is 5.75 Å². The number of rotatable bonds is 4. The summed E-state index contributed by atoms with van der Waals surface area (Å²) in [5, 5.41) is 12.4. The number of anilines is 1. The van der Waals surface area contributed by atoms with E-state index in [1.807, 2.05) is 6.07 Å². The van der Waals surface area contributed by atoms with Gasteiger partial charge in [0.2, 0.25) is 0 Å². The molecule has 0 bridgehead atoms. The third kappa shape index (κ3) is 4.11. The molecule has 0 aliphatic carbocycles. The zero-order valence-electron chi connectivity index (χ0n) is 11.8. The first-order valence-electron chi connectivity index (χ1n) is 6.45. The van der Waals surface area contributed by atoms with Gasteiger partial charge < -0.3 is 10.1 Å². The van der Waals surface area contributed by atoms with E-state index in [4.69, 9.17) is 21.6 Å². The SMILES string of the molecule is COc1cccc(NC(=O)/C(C#N)=C/c2ccc(Cl)cc2)c1. The molecule has 0 saturated heterocycles. The number of ether oxygens (including phenoxy) is 1. The Balaban J connectivity index is 2.18. The molecule has 1 amide bonds. The van der Waals surface area contributed by atoms with Crippen molar-refractivity contribution in [1.29, 1.82) is 5.26 Å². The predicted molar refractivity (Wildman–Crippen MR) is 86.7 cm³/mol. The second-order valence-electron chi connectivity index (χ2n) is 4.41. The molecule has 0 aliphatic heterocycles. The molecule has 5 heteroatoms. The number of hydrogen-bond donors (Lipinski definition) is 1. The van der Waals surface area contributed by atoms with Crippen LogP contribution < -0.4 is 10.1 Å². The van der Waals surface area contributed by atoms with Gasteiger partial charge in [-0.15, -0.1) is 0 Å². The third-order valence-electron chi connectivity index (χ3n) is 2.87. The normalized spacial score (nSPS) is 10.7. The Morgan fingerprint density at radius 1 is 1.27 bits per heavy atom. The Labute approximate surface area is 133 Å².